The predicted octanol–water partition coefficient (Wildman–Crippen LogP) is 7.38. The van der Waals surface area contributed by atoms with Crippen molar-refractivity contribution in [3.8, 4) is 22.8 Å². The summed E-state index contributed by atoms with van der Waals surface area (Å²) in [4.78, 5) is 9.33. The molecule has 3 heterocycles. The van der Waals surface area contributed by atoms with Crippen LogP contribution < -0.4 is 9.47 Å². The van der Waals surface area contributed by atoms with Gasteiger partial charge in [0, 0.05) is 34.2 Å². The largest absolute Gasteiger partial charge is 0.493 e. The number of nitrogens with zero attached hydrogens (tertiary/aromatic N) is 2. The summed E-state index contributed by atoms with van der Waals surface area (Å²) < 4.78 is 11.0. The van der Waals surface area contributed by atoms with E-state index in [4.69, 9.17) is 9.47 Å². The van der Waals surface area contributed by atoms with Crippen LogP contribution >= 0.6 is 0 Å². The molecule has 1 N–H and O–H groups in total. The van der Waals surface area contributed by atoms with E-state index in [1.54, 1.807) is 14.2 Å². The van der Waals surface area contributed by atoms with Gasteiger partial charge in [-0.15, -0.1) is 0 Å². The molecule has 1 aromatic heterocycles. The molecule has 2 unspecified atom stereocenters. The first kappa shape index (κ1) is 26.7. The van der Waals surface area contributed by atoms with Crippen LogP contribution in [0.5, 0.6) is 11.5 Å². The van der Waals surface area contributed by atoms with Crippen LogP contribution in [0.15, 0.2) is 36.4 Å². The summed E-state index contributed by atoms with van der Waals surface area (Å²) in [6.07, 6.45) is 11.0. The fraction of sp³-hybridized carbons (Fsp3) is 0.588. The number of aromatic amines is 1. The average molecular weight is 530 g/mol. The molecule has 6 rings (SSSR count). The van der Waals surface area contributed by atoms with Crippen molar-refractivity contribution in [3.63, 3.8) is 0 Å². The van der Waals surface area contributed by atoms with E-state index in [-0.39, 0.29) is 0 Å². The molecule has 0 amide bonds. The molecule has 2 atom stereocenters. The number of nitrogens with one attached hydrogen (secondary N) is 1. The summed E-state index contributed by atoms with van der Waals surface area (Å²) in [5.74, 6) is 3.10. The Morgan fingerprint density at radius 3 is 2.21 bits per heavy atom. The number of ether oxygens (including phenoxy) is 2. The van der Waals surface area contributed by atoms with E-state index in [9.17, 15) is 0 Å². The summed E-state index contributed by atoms with van der Waals surface area (Å²) in [5.41, 5.74) is 6.30. The van der Waals surface area contributed by atoms with Gasteiger partial charge in [0.15, 0.2) is 11.5 Å². The van der Waals surface area contributed by atoms with Gasteiger partial charge in [-0.05, 0) is 125 Å². The minimum Gasteiger partial charge on any atom is -0.493 e. The van der Waals surface area contributed by atoms with E-state index in [0.717, 1.165) is 40.8 Å². The lowest BCUT2D eigenvalue weighted by atomic mass is 9.84. The Morgan fingerprint density at radius 1 is 0.769 bits per heavy atom. The monoisotopic (exact) mass is 529 g/mol. The van der Waals surface area contributed by atoms with Crippen molar-refractivity contribution in [1.82, 2.24) is 14.8 Å². The smallest absolute Gasteiger partial charge is 0.161 e. The number of methoxy groups -OCH3 is 2. The number of benzene rings is 2. The lowest BCUT2D eigenvalue weighted by Gasteiger charge is -2.45. The molecule has 2 saturated heterocycles. The second-order valence-corrected chi connectivity index (χ2v) is 12.5. The van der Waals surface area contributed by atoms with E-state index < -0.39 is 0 Å². The van der Waals surface area contributed by atoms with Gasteiger partial charge >= 0.3 is 0 Å². The Morgan fingerprint density at radius 2 is 1.49 bits per heavy atom. The van der Waals surface area contributed by atoms with Gasteiger partial charge in [-0.2, -0.15) is 0 Å². The first-order valence-corrected chi connectivity index (χ1v) is 15.4. The third-order valence-corrected chi connectivity index (χ3v) is 10.2. The van der Waals surface area contributed by atoms with Crippen LogP contribution in [-0.2, 0) is 0 Å². The number of H-pyrrole nitrogens is 1. The Labute approximate surface area is 234 Å². The van der Waals surface area contributed by atoms with Crippen LogP contribution in [0.3, 0.4) is 0 Å². The van der Waals surface area contributed by atoms with E-state index in [1.165, 1.54) is 99.6 Å². The van der Waals surface area contributed by atoms with Gasteiger partial charge in [-0.3, -0.25) is 0 Å². The Hall–Kier alpha value is -2.50. The van der Waals surface area contributed by atoms with E-state index in [1.807, 2.05) is 6.07 Å². The maximum absolute atomic E-state index is 5.55. The summed E-state index contributed by atoms with van der Waals surface area (Å²) in [7, 11) is 3.37. The SMILES string of the molecule is COc1ccc(-c2[nH]c3ccc(C4CCN(C5CCN(C6CCCC(C)C6)CC5)CC4)cc3c2C)cc1OC. The second kappa shape index (κ2) is 11.5. The third kappa shape index (κ3) is 5.45. The van der Waals surface area contributed by atoms with Crippen molar-refractivity contribution in [3.05, 3.63) is 47.5 Å². The van der Waals surface area contributed by atoms with Crippen molar-refractivity contribution >= 4 is 10.9 Å². The zero-order valence-corrected chi connectivity index (χ0v) is 24.5. The molecular formula is C34H47N3O2. The van der Waals surface area contributed by atoms with E-state index >= 15 is 0 Å². The number of likely N-dealkylation sites (tertiary alicyclic amines) is 2. The highest BCUT2D eigenvalue weighted by atomic mass is 16.5. The van der Waals surface area contributed by atoms with Gasteiger partial charge in [0.2, 0.25) is 0 Å². The fourth-order valence-corrected chi connectivity index (χ4v) is 7.83. The molecular weight excluding hydrogens is 482 g/mol. The Kier molecular flexibility index (Phi) is 7.91. The number of hydrogen-bond acceptors (Lipinski definition) is 4. The molecule has 0 bridgehead atoms. The quantitative estimate of drug-likeness (QED) is 0.362. The van der Waals surface area contributed by atoms with Gasteiger partial charge in [-0.1, -0.05) is 25.8 Å². The molecule has 2 aliphatic heterocycles. The summed E-state index contributed by atoms with van der Waals surface area (Å²) in [6.45, 7) is 9.81. The van der Waals surface area contributed by atoms with Crippen molar-refractivity contribution < 1.29 is 9.47 Å². The number of aromatic nitrogens is 1. The van der Waals surface area contributed by atoms with Crippen molar-refractivity contribution in [1.29, 1.82) is 0 Å². The minimum atomic E-state index is 0.660. The number of rotatable bonds is 6. The van der Waals surface area contributed by atoms with E-state index in [0.29, 0.717) is 5.92 Å². The van der Waals surface area contributed by atoms with Gasteiger partial charge in [-0.25, -0.2) is 0 Å². The molecule has 5 nitrogen and oxygen atoms in total. The normalized spacial score (nSPS) is 24.3. The fourth-order valence-electron chi connectivity index (χ4n) is 7.83. The lowest BCUT2D eigenvalue weighted by molar-refractivity contribution is 0.0523. The van der Waals surface area contributed by atoms with Crippen LogP contribution in [0.4, 0.5) is 0 Å². The zero-order chi connectivity index (χ0) is 26.9. The maximum atomic E-state index is 5.55. The molecule has 5 heteroatoms. The molecule has 210 valence electrons. The predicted molar refractivity (Wildman–Crippen MR) is 161 cm³/mol. The van der Waals surface area contributed by atoms with Crippen molar-refractivity contribution in [2.75, 3.05) is 40.4 Å². The maximum Gasteiger partial charge on any atom is 0.161 e. The van der Waals surface area contributed by atoms with Crippen LogP contribution in [0.1, 0.15) is 75.3 Å². The topological polar surface area (TPSA) is 40.7 Å². The lowest BCUT2D eigenvalue weighted by Crippen LogP contribution is -2.50. The average Bonchev–Trinajstić information content (AvgIpc) is 3.32. The number of hydrogen-bond donors (Lipinski definition) is 1. The van der Waals surface area contributed by atoms with E-state index in [2.05, 4.69) is 59.0 Å². The Balaban J connectivity index is 1.09. The summed E-state index contributed by atoms with van der Waals surface area (Å²) in [5, 5.41) is 1.34. The highest BCUT2D eigenvalue weighted by Crippen LogP contribution is 2.38. The molecule has 3 aromatic rings. The van der Waals surface area contributed by atoms with Gasteiger partial charge in [0.05, 0.1) is 14.2 Å². The third-order valence-electron chi connectivity index (χ3n) is 10.2. The van der Waals surface area contributed by atoms with Gasteiger partial charge < -0.3 is 24.3 Å². The highest BCUT2D eigenvalue weighted by molar-refractivity contribution is 5.91. The standard InChI is InChI=1S/C34H47N3O2/c1-23-6-5-7-29(20-23)37-18-14-28(15-19-37)36-16-12-25(13-17-36)26-8-10-31-30(21-26)24(2)34(35-31)27-9-11-32(38-3)33(22-27)39-4/h8-11,21-23,25,28-29,35H,5-7,12-20H2,1-4H3. The first-order valence-electron chi connectivity index (χ1n) is 15.4. The summed E-state index contributed by atoms with van der Waals surface area (Å²) >= 11 is 0. The summed E-state index contributed by atoms with van der Waals surface area (Å²) in [6, 6.07) is 14.9. The van der Waals surface area contributed by atoms with Gasteiger partial charge in [0.25, 0.3) is 0 Å². The van der Waals surface area contributed by atoms with Gasteiger partial charge in [0.1, 0.15) is 0 Å². The van der Waals surface area contributed by atoms with Crippen LogP contribution in [-0.4, -0.2) is 67.3 Å². The molecule has 1 saturated carbocycles. The molecule has 1 aliphatic carbocycles. The first-order chi connectivity index (χ1) is 19.0. The highest BCUT2D eigenvalue weighted by Gasteiger charge is 2.32. The van der Waals surface area contributed by atoms with Crippen LogP contribution in [0.2, 0.25) is 0 Å². The van der Waals surface area contributed by atoms with Crippen LogP contribution in [0, 0.1) is 12.8 Å². The second-order valence-electron chi connectivity index (χ2n) is 12.5. The Bertz CT molecular complexity index is 1270. The molecule has 0 spiro atoms. The molecule has 39 heavy (non-hydrogen) atoms. The molecule has 2 aromatic carbocycles. The molecule has 3 aliphatic rings. The molecule has 0 radical (unpaired) electrons. The minimum absolute atomic E-state index is 0.660. The number of fused-ring (bicyclic) bond motifs is 1. The van der Waals surface area contributed by atoms with Crippen molar-refractivity contribution in [2.24, 2.45) is 5.92 Å². The van der Waals surface area contributed by atoms with Crippen LogP contribution in [0.25, 0.3) is 22.2 Å². The number of piperidine rings is 2. The number of aryl methyl sites for hydroxylation is 1. The van der Waals surface area contributed by atoms with Crippen molar-refractivity contribution in [2.45, 2.75) is 83.2 Å². The molecule has 3 fully saturated rings. The zero-order valence-electron chi connectivity index (χ0n) is 24.5.